The van der Waals surface area contributed by atoms with Gasteiger partial charge in [-0.25, -0.2) is 12.8 Å². The Bertz CT molecular complexity index is 1430. The lowest BCUT2D eigenvalue weighted by atomic mass is 10.1. The van der Waals surface area contributed by atoms with E-state index in [9.17, 15) is 17.6 Å². The van der Waals surface area contributed by atoms with Crippen molar-refractivity contribution in [2.75, 3.05) is 77.0 Å². The second kappa shape index (κ2) is 13.7. The molecule has 0 spiro atoms. The monoisotopic (exact) mass is 596 g/mol. The van der Waals surface area contributed by atoms with Crippen LogP contribution in [0.25, 0.3) is 11.3 Å². The summed E-state index contributed by atoms with van der Waals surface area (Å²) in [5.74, 6) is 0.177. The van der Waals surface area contributed by atoms with Crippen molar-refractivity contribution in [3.63, 3.8) is 0 Å². The van der Waals surface area contributed by atoms with Crippen LogP contribution < -0.4 is 4.90 Å². The van der Waals surface area contributed by atoms with Crippen molar-refractivity contribution in [3.05, 3.63) is 72.0 Å². The summed E-state index contributed by atoms with van der Waals surface area (Å²) in [6.45, 7) is 7.37. The third-order valence-electron chi connectivity index (χ3n) is 7.70. The molecule has 2 aromatic carbocycles. The molecule has 1 aromatic heterocycles. The molecule has 0 bridgehead atoms. The Kier molecular flexibility index (Phi) is 9.78. The van der Waals surface area contributed by atoms with Gasteiger partial charge in [0.25, 0.3) is 0 Å². The summed E-state index contributed by atoms with van der Waals surface area (Å²) in [6.07, 6.45) is 0.714. The van der Waals surface area contributed by atoms with Crippen LogP contribution >= 0.6 is 0 Å². The molecular weight excluding hydrogens is 559 g/mol. The minimum Gasteiger partial charge on any atom is -0.379 e. The van der Waals surface area contributed by atoms with E-state index in [-0.39, 0.29) is 29.7 Å². The Morgan fingerprint density at radius 2 is 1.64 bits per heavy atom. The maximum absolute atomic E-state index is 13.7. The van der Waals surface area contributed by atoms with E-state index in [1.165, 1.54) is 16.4 Å². The van der Waals surface area contributed by atoms with Crippen LogP contribution in [-0.4, -0.2) is 111 Å². The number of nitrogens with zero attached hydrogens (tertiary/aromatic N) is 6. The fourth-order valence-electron chi connectivity index (χ4n) is 5.14. The van der Waals surface area contributed by atoms with Crippen molar-refractivity contribution in [1.29, 1.82) is 0 Å². The molecule has 0 radical (unpaired) electrons. The first-order valence-corrected chi connectivity index (χ1v) is 15.7. The maximum atomic E-state index is 13.7. The summed E-state index contributed by atoms with van der Waals surface area (Å²) in [5.41, 5.74) is 2.40. The summed E-state index contributed by atoms with van der Waals surface area (Å²) in [7, 11) is -3.87. The van der Waals surface area contributed by atoms with E-state index in [1.807, 2.05) is 19.1 Å². The topological polar surface area (TPSA) is 99.2 Å². The number of hydrogen-bond acceptors (Lipinski definition) is 8. The standard InChI is InChI=1S/C30H37FN6O4S/c1-24-3-9-27(10-4-24)42(39,40)37(18-15-34-19-21-41-22-20-34)23-30(38)36-14-2-13-35(16-17-36)29-12-11-28(32-33-29)25-5-7-26(31)8-6-25/h3-12H,2,13-23H2,1H3. The molecule has 5 rings (SSSR count). The fourth-order valence-corrected chi connectivity index (χ4v) is 6.52. The first kappa shape index (κ1) is 30.0. The largest absolute Gasteiger partial charge is 0.379 e. The van der Waals surface area contributed by atoms with E-state index in [2.05, 4.69) is 20.0 Å². The number of carbonyl (C=O) groups is 1. The first-order valence-electron chi connectivity index (χ1n) is 14.3. The Hall–Kier alpha value is -3.45. The zero-order valence-corrected chi connectivity index (χ0v) is 24.7. The highest BCUT2D eigenvalue weighted by atomic mass is 32.2. The molecular formula is C30H37FN6O4S. The minimum atomic E-state index is -3.87. The summed E-state index contributed by atoms with van der Waals surface area (Å²) in [5, 5.41) is 8.70. The molecule has 2 aliphatic rings. The Morgan fingerprint density at radius 3 is 2.33 bits per heavy atom. The summed E-state index contributed by atoms with van der Waals surface area (Å²) in [4.78, 5) is 19.7. The molecule has 12 heteroatoms. The summed E-state index contributed by atoms with van der Waals surface area (Å²) in [6, 6.07) is 16.6. The fraction of sp³-hybridized carbons (Fsp3) is 0.433. The smallest absolute Gasteiger partial charge is 0.243 e. The zero-order chi connectivity index (χ0) is 29.5. The number of benzene rings is 2. The molecule has 0 atom stereocenters. The Balaban J connectivity index is 1.24. The summed E-state index contributed by atoms with van der Waals surface area (Å²) >= 11 is 0. The third-order valence-corrected chi connectivity index (χ3v) is 9.56. The molecule has 42 heavy (non-hydrogen) atoms. The predicted molar refractivity (Wildman–Crippen MR) is 158 cm³/mol. The van der Waals surface area contributed by atoms with E-state index in [4.69, 9.17) is 4.74 Å². The van der Waals surface area contributed by atoms with Crippen LogP contribution in [0, 0.1) is 12.7 Å². The SMILES string of the molecule is Cc1ccc(S(=O)(=O)N(CCN2CCOCC2)CC(=O)N2CCCN(c3ccc(-c4ccc(F)cc4)nn3)CC2)cc1. The Morgan fingerprint density at radius 1 is 0.905 bits per heavy atom. The molecule has 224 valence electrons. The lowest BCUT2D eigenvalue weighted by molar-refractivity contribution is -0.131. The van der Waals surface area contributed by atoms with E-state index < -0.39 is 10.0 Å². The lowest BCUT2D eigenvalue weighted by Gasteiger charge is -2.30. The van der Waals surface area contributed by atoms with Crippen molar-refractivity contribution < 1.29 is 22.3 Å². The number of ether oxygens (including phenoxy) is 1. The number of rotatable bonds is 9. The van der Waals surface area contributed by atoms with Crippen LogP contribution in [-0.2, 0) is 19.6 Å². The highest BCUT2D eigenvalue weighted by Crippen LogP contribution is 2.21. The number of halogens is 1. The quantitative estimate of drug-likeness (QED) is 0.372. The van der Waals surface area contributed by atoms with Crippen LogP contribution in [0.3, 0.4) is 0 Å². The molecule has 0 saturated carbocycles. The predicted octanol–water partition coefficient (Wildman–Crippen LogP) is 2.65. The maximum Gasteiger partial charge on any atom is 0.243 e. The number of sulfonamides is 1. The van der Waals surface area contributed by atoms with Crippen molar-refractivity contribution in [2.24, 2.45) is 0 Å². The van der Waals surface area contributed by atoms with Crippen molar-refractivity contribution in [1.82, 2.24) is 24.3 Å². The van der Waals surface area contributed by atoms with Gasteiger partial charge in [-0.3, -0.25) is 9.69 Å². The van der Waals surface area contributed by atoms with Gasteiger partial charge in [0.15, 0.2) is 5.82 Å². The number of anilines is 1. The number of morpholine rings is 1. The molecule has 0 unspecified atom stereocenters. The lowest BCUT2D eigenvalue weighted by Crippen LogP contribution is -2.47. The highest BCUT2D eigenvalue weighted by molar-refractivity contribution is 7.89. The molecule has 2 aliphatic heterocycles. The molecule has 2 saturated heterocycles. The van der Waals surface area contributed by atoms with Gasteiger partial charge in [-0.2, -0.15) is 4.31 Å². The van der Waals surface area contributed by atoms with Crippen molar-refractivity contribution in [3.8, 4) is 11.3 Å². The van der Waals surface area contributed by atoms with Crippen molar-refractivity contribution in [2.45, 2.75) is 18.2 Å². The molecule has 3 heterocycles. The van der Waals surface area contributed by atoms with Crippen LogP contribution in [0.15, 0.2) is 65.6 Å². The van der Waals surface area contributed by atoms with E-state index in [1.54, 1.807) is 41.3 Å². The van der Waals surface area contributed by atoms with Crippen LogP contribution in [0.2, 0.25) is 0 Å². The van der Waals surface area contributed by atoms with Gasteiger partial charge in [0, 0.05) is 57.9 Å². The average Bonchev–Trinajstić information content (AvgIpc) is 3.27. The van der Waals surface area contributed by atoms with E-state index >= 15 is 0 Å². The molecule has 2 fully saturated rings. The number of carbonyl (C=O) groups excluding carboxylic acids is 1. The molecule has 0 aliphatic carbocycles. The zero-order valence-electron chi connectivity index (χ0n) is 23.9. The Labute approximate surface area is 246 Å². The van der Waals surface area contributed by atoms with Crippen LogP contribution in [0.5, 0.6) is 0 Å². The van der Waals surface area contributed by atoms with Crippen molar-refractivity contribution >= 4 is 21.7 Å². The van der Waals surface area contributed by atoms with Gasteiger partial charge in [0.05, 0.1) is 30.3 Å². The van der Waals surface area contributed by atoms with Gasteiger partial charge < -0.3 is 14.5 Å². The number of amides is 1. The third kappa shape index (κ3) is 7.49. The van der Waals surface area contributed by atoms with E-state index in [0.717, 1.165) is 24.2 Å². The highest BCUT2D eigenvalue weighted by Gasteiger charge is 2.30. The minimum absolute atomic E-state index is 0.188. The van der Waals surface area contributed by atoms with Crippen LogP contribution in [0.1, 0.15) is 12.0 Å². The van der Waals surface area contributed by atoms with Gasteiger partial charge in [-0.15, -0.1) is 10.2 Å². The van der Waals surface area contributed by atoms with Gasteiger partial charge in [-0.1, -0.05) is 17.7 Å². The first-order chi connectivity index (χ1) is 20.3. The normalized spacial score (nSPS) is 16.9. The second-order valence-electron chi connectivity index (χ2n) is 10.6. The van der Waals surface area contributed by atoms with E-state index in [0.29, 0.717) is 63.9 Å². The van der Waals surface area contributed by atoms with Gasteiger partial charge >= 0.3 is 0 Å². The van der Waals surface area contributed by atoms with Gasteiger partial charge in [-0.05, 0) is 61.9 Å². The van der Waals surface area contributed by atoms with Crippen LogP contribution in [0.4, 0.5) is 10.2 Å². The second-order valence-corrected chi connectivity index (χ2v) is 12.5. The molecule has 1 amide bonds. The molecule has 0 N–H and O–H groups in total. The summed E-state index contributed by atoms with van der Waals surface area (Å²) < 4.78 is 47.3. The van der Waals surface area contributed by atoms with Gasteiger partial charge in [0.1, 0.15) is 5.82 Å². The number of hydrogen-bond donors (Lipinski definition) is 0. The molecule has 3 aromatic rings. The molecule has 10 nitrogen and oxygen atoms in total. The number of aryl methyl sites for hydroxylation is 1. The average molecular weight is 597 g/mol. The number of aromatic nitrogens is 2. The van der Waals surface area contributed by atoms with Gasteiger partial charge in [0.2, 0.25) is 15.9 Å².